The Bertz CT molecular complexity index is 1020. The van der Waals surface area contributed by atoms with E-state index in [0.29, 0.717) is 25.3 Å². The number of nitrogens with zero attached hydrogens (tertiary/aromatic N) is 4. The highest BCUT2D eigenvalue weighted by molar-refractivity contribution is 5.73. The number of methoxy groups -OCH3 is 1. The van der Waals surface area contributed by atoms with Crippen molar-refractivity contribution < 1.29 is 13.9 Å². The number of hydrogen-bond donors (Lipinski definition) is 0. The van der Waals surface area contributed by atoms with Crippen molar-refractivity contribution in [3.63, 3.8) is 0 Å². The number of ether oxygens (including phenoxy) is 1. The lowest BCUT2D eigenvalue weighted by Gasteiger charge is -2.34. The Morgan fingerprint density at radius 3 is 2.40 bits per heavy atom. The first-order valence-corrected chi connectivity index (χ1v) is 10.0. The molecule has 0 unspecified atom stereocenters. The van der Waals surface area contributed by atoms with Gasteiger partial charge in [-0.3, -0.25) is 9.69 Å². The van der Waals surface area contributed by atoms with Crippen LogP contribution in [0.3, 0.4) is 0 Å². The van der Waals surface area contributed by atoms with Crippen LogP contribution >= 0.6 is 0 Å². The van der Waals surface area contributed by atoms with Gasteiger partial charge in [0.25, 0.3) is 0 Å². The fraction of sp³-hybridized carbons (Fsp3) is 0.304. The predicted octanol–water partition coefficient (Wildman–Crippen LogP) is 3.35. The zero-order chi connectivity index (χ0) is 21.1. The first-order chi connectivity index (χ1) is 14.5. The van der Waals surface area contributed by atoms with Crippen molar-refractivity contribution in [2.45, 2.75) is 13.5 Å². The summed E-state index contributed by atoms with van der Waals surface area (Å²) in [7, 11) is 1.63. The third-order valence-electron chi connectivity index (χ3n) is 5.46. The van der Waals surface area contributed by atoms with Gasteiger partial charge in [0, 0.05) is 57.0 Å². The smallest absolute Gasteiger partial charge is 0.219 e. The van der Waals surface area contributed by atoms with Crippen molar-refractivity contribution in [2.75, 3.05) is 33.3 Å². The molecule has 30 heavy (non-hydrogen) atoms. The number of hydrogen-bond acceptors (Lipinski definition) is 4. The van der Waals surface area contributed by atoms with E-state index in [-0.39, 0.29) is 11.7 Å². The molecule has 7 heteroatoms. The molecule has 6 nitrogen and oxygen atoms in total. The molecular weight excluding hydrogens is 383 g/mol. The number of carbonyl (C=O) groups is 1. The minimum Gasteiger partial charge on any atom is -0.497 e. The van der Waals surface area contributed by atoms with E-state index < -0.39 is 0 Å². The maximum atomic E-state index is 14.4. The molecule has 156 valence electrons. The van der Waals surface area contributed by atoms with Crippen molar-refractivity contribution in [1.29, 1.82) is 0 Å². The average Bonchev–Trinajstić information content (AvgIpc) is 3.18. The van der Waals surface area contributed by atoms with Gasteiger partial charge in [0.1, 0.15) is 17.3 Å². The first kappa shape index (κ1) is 20.1. The molecule has 0 bridgehead atoms. The summed E-state index contributed by atoms with van der Waals surface area (Å²) in [6.45, 7) is 5.32. The molecule has 2 aromatic carbocycles. The lowest BCUT2D eigenvalue weighted by molar-refractivity contribution is -0.130. The largest absolute Gasteiger partial charge is 0.497 e. The van der Waals surface area contributed by atoms with Gasteiger partial charge in [-0.2, -0.15) is 5.10 Å². The third-order valence-corrected chi connectivity index (χ3v) is 5.46. The van der Waals surface area contributed by atoms with Crippen molar-refractivity contribution in [1.82, 2.24) is 19.6 Å². The van der Waals surface area contributed by atoms with Crippen molar-refractivity contribution in [3.8, 4) is 22.7 Å². The molecule has 3 aromatic rings. The maximum Gasteiger partial charge on any atom is 0.219 e. The molecule has 4 rings (SSSR count). The zero-order valence-electron chi connectivity index (χ0n) is 17.2. The van der Waals surface area contributed by atoms with E-state index in [1.54, 1.807) is 36.9 Å². The maximum absolute atomic E-state index is 14.4. The Morgan fingerprint density at radius 2 is 1.77 bits per heavy atom. The normalized spacial score (nSPS) is 14.7. The Morgan fingerprint density at radius 1 is 1.07 bits per heavy atom. The van der Waals surface area contributed by atoms with Crippen LogP contribution in [0.15, 0.2) is 54.7 Å². The summed E-state index contributed by atoms with van der Waals surface area (Å²) in [6.07, 6.45) is 1.90. The monoisotopic (exact) mass is 408 g/mol. The van der Waals surface area contributed by atoms with Crippen LogP contribution in [0, 0.1) is 5.82 Å². The molecule has 0 radical (unpaired) electrons. The van der Waals surface area contributed by atoms with Gasteiger partial charge in [-0.1, -0.05) is 12.1 Å². The van der Waals surface area contributed by atoms with E-state index in [2.05, 4.69) is 4.90 Å². The lowest BCUT2D eigenvalue weighted by Crippen LogP contribution is -2.47. The zero-order valence-corrected chi connectivity index (χ0v) is 17.2. The summed E-state index contributed by atoms with van der Waals surface area (Å²) < 4.78 is 21.2. The number of para-hydroxylation sites is 1. The Kier molecular flexibility index (Phi) is 5.81. The van der Waals surface area contributed by atoms with Gasteiger partial charge in [-0.05, 0) is 36.4 Å². The molecule has 2 heterocycles. The van der Waals surface area contributed by atoms with E-state index in [9.17, 15) is 9.18 Å². The SMILES string of the molecule is COc1ccc(-c2nn(-c3ccccc3F)cc2CN2CCN(C(C)=O)CC2)cc1. The van der Waals surface area contributed by atoms with E-state index >= 15 is 0 Å². The quantitative estimate of drug-likeness (QED) is 0.650. The minimum atomic E-state index is -0.317. The molecule has 1 fully saturated rings. The molecule has 0 N–H and O–H groups in total. The first-order valence-electron chi connectivity index (χ1n) is 10.0. The fourth-order valence-corrected chi connectivity index (χ4v) is 3.74. The predicted molar refractivity (Wildman–Crippen MR) is 113 cm³/mol. The molecule has 1 aliphatic rings. The molecule has 1 saturated heterocycles. The highest BCUT2D eigenvalue weighted by Crippen LogP contribution is 2.27. The number of amides is 1. The van der Waals surface area contributed by atoms with E-state index in [0.717, 1.165) is 35.7 Å². The van der Waals surface area contributed by atoms with Crippen molar-refractivity contribution >= 4 is 5.91 Å². The van der Waals surface area contributed by atoms with E-state index in [1.165, 1.54) is 6.07 Å². The van der Waals surface area contributed by atoms with Crippen LogP contribution in [-0.4, -0.2) is 58.8 Å². The summed E-state index contributed by atoms with van der Waals surface area (Å²) in [5.41, 5.74) is 3.19. The second-order valence-electron chi connectivity index (χ2n) is 7.41. The second kappa shape index (κ2) is 8.67. The standard InChI is InChI=1S/C23H25FN4O2/c1-17(29)27-13-11-26(12-14-27)15-19-16-28(22-6-4-3-5-21(22)24)25-23(19)18-7-9-20(30-2)10-8-18/h3-10,16H,11-15H2,1-2H3. The Labute approximate surface area is 175 Å². The number of halogens is 1. The molecular formula is C23H25FN4O2. The summed E-state index contributed by atoms with van der Waals surface area (Å²) in [6, 6.07) is 14.3. The van der Waals surface area contributed by atoms with Crippen LogP contribution < -0.4 is 4.74 Å². The summed E-state index contributed by atoms with van der Waals surface area (Å²) in [4.78, 5) is 15.8. The highest BCUT2D eigenvalue weighted by Gasteiger charge is 2.21. The van der Waals surface area contributed by atoms with Crippen LogP contribution in [-0.2, 0) is 11.3 Å². The summed E-state index contributed by atoms with van der Waals surface area (Å²) in [5, 5.41) is 4.72. The van der Waals surface area contributed by atoms with Crippen LogP contribution in [0.2, 0.25) is 0 Å². The highest BCUT2D eigenvalue weighted by atomic mass is 19.1. The van der Waals surface area contributed by atoms with Gasteiger partial charge in [0.05, 0.1) is 12.8 Å². The molecule has 0 aliphatic carbocycles. The molecule has 0 atom stereocenters. The minimum absolute atomic E-state index is 0.112. The van der Waals surface area contributed by atoms with Gasteiger partial charge < -0.3 is 9.64 Å². The van der Waals surface area contributed by atoms with Gasteiger partial charge in [0.2, 0.25) is 5.91 Å². The lowest BCUT2D eigenvalue weighted by atomic mass is 10.1. The van der Waals surface area contributed by atoms with Gasteiger partial charge in [-0.25, -0.2) is 9.07 Å². The number of aromatic nitrogens is 2. The van der Waals surface area contributed by atoms with E-state index in [1.807, 2.05) is 35.4 Å². The third kappa shape index (κ3) is 4.21. The van der Waals surface area contributed by atoms with Crippen molar-refractivity contribution in [2.24, 2.45) is 0 Å². The van der Waals surface area contributed by atoms with E-state index in [4.69, 9.17) is 9.84 Å². The number of piperazine rings is 1. The Hall–Kier alpha value is -3.19. The fourth-order valence-electron chi connectivity index (χ4n) is 3.74. The molecule has 1 aliphatic heterocycles. The van der Waals surface area contributed by atoms with Crippen molar-refractivity contribution in [3.05, 3.63) is 66.1 Å². The number of benzene rings is 2. The summed E-state index contributed by atoms with van der Waals surface area (Å²) >= 11 is 0. The Balaban J connectivity index is 1.65. The number of rotatable bonds is 5. The van der Waals surface area contributed by atoms with Crippen LogP contribution in [0.4, 0.5) is 4.39 Å². The van der Waals surface area contributed by atoms with Gasteiger partial charge >= 0.3 is 0 Å². The second-order valence-corrected chi connectivity index (χ2v) is 7.41. The van der Waals surface area contributed by atoms with Crippen LogP contribution in [0.5, 0.6) is 5.75 Å². The molecule has 0 spiro atoms. The number of carbonyl (C=O) groups excluding carboxylic acids is 1. The van der Waals surface area contributed by atoms with Crippen LogP contribution in [0.25, 0.3) is 16.9 Å². The topological polar surface area (TPSA) is 50.6 Å². The van der Waals surface area contributed by atoms with Gasteiger partial charge in [0.15, 0.2) is 0 Å². The molecule has 1 amide bonds. The molecule has 1 aromatic heterocycles. The molecule has 0 saturated carbocycles. The summed E-state index contributed by atoms with van der Waals surface area (Å²) in [5.74, 6) is 0.568. The van der Waals surface area contributed by atoms with Gasteiger partial charge in [-0.15, -0.1) is 0 Å². The van der Waals surface area contributed by atoms with Crippen LogP contribution in [0.1, 0.15) is 12.5 Å². The average molecular weight is 408 g/mol.